The number of nitrogens with zero attached hydrogens (tertiary/aromatic N) is 2. The molecule has 3 atom stereocenters. The van der Waals surface area contributed by atoms with E-state index < -0.39 is 21.2 Å². The van der Waals surface area contributed by atoms with Crippen LogP contribution in [0.15, 0.2) is 34.2 Å². The van der Waals surface area contributed by atoms with Gasteiger partial charge in [-0.2, -0.15) is 0 Å². The van der Waals surface area contributed by atoms with E-state index in [-0.39, 0.29) is 23.1 Å². The second-order valence-electron chi connectivity index (χ2n) is 6.14. The van der Waals surface area contributed by atoms with Crippen molar-refractivity contribution in [2.75, 3.05) is 11.5 Å². The molecule has 6 nitrogen and oxygen atoms in total. The van der Waals surface area contributed by atoms with Gasteiger partial charge < -0.3 is 5.11 Å². The van der Waals surface area contributed by atoms with Crippen molar-refractivity contribution in [3.63, 3.8) is 0 Å². The number of aliphatic hydroxyl groups excluding tert-OH is 1. The summed E-state index contributed by atoms with van der Waals surface area (Å²) in [6.07, 6.45) is -0.187. The standard InChI is InChI=1S/C16H20N2O4S2/c1-3-10(2)18-15(20)11-6-4-5-7-12(11)17-16(18)23-14-9-24(21,22)8-13(14)19/h4-7,10,13-14,19H,3,8-9H2,1-2H3/t10-,13+,14+/m1/s1. The molecule has 0 amide bonds. The summed E-state index contributed by atoms with van der Waals surface area (Å²) in [6.45, 7) is 3.92. The molecule has 0 aliphatic carbocycles. The lowest BCUT2D eigenvalue weighted by atomic mass is 10.2. The number of fused-ring (bicyclic) bond motifs is 1. The zero-order valence-electron chi connectivity index (χ0n) is 13.5. The van der Waals surface area contributed by atoms with Crippen LogP contribution in [0.5, 0.6) is 0 Å². The molecule has 3 rings (SSSR count). The van der Waals surface area contributed by atoms with E-state index in [0.717, 1.165) is 6.42 Å². The first-order valence-corrected chi connectivity index (χ1v) is 10.6. The van der Waals surface area contributed by atoms with Crippen molar-refractivity contribution in [2.24, 2.45) is 0 Å². The third kappa shape index (κ3) is 3.22. The van der Waals surface area contributed by atoms with E-state index in [1.54, 1.807) is 22.8 Å². The largest absolute Gasteiger partial charge is 0.391 e. The summed E-state index contributed by atoms with van der Waals surface area (Å²) in [4.78, 5) is 17.4. The van der Waals surface area contributed by atoms with E-state index in [4.69, 9.17) is 0 Å². The number of sulfone groups is 1. The van der Waals surface area contributed by atoms with Crippen molar-refractivity contribution in [3.05, 3.63) is 34.6 Å². The molecule has 1 saturated heterocycles. The number of benzene rings is 1. The van der Waals surface area contributed by atoms with Crippen LogP contribution >= 0.6 is 11.8 Å². The average molecular weight is 368 g/mol. The minimum absolute atomic E-state index is 0.0627. The molecule has 0 saturated carbocycles. The summed E-state index contributed by atoms with van der Waals surface area (Å²) in [5, 5.41) is 10.5. The predicted molar refractivity (Wildman–Crippen MR) is 95.3 cm³/mol. The molecule has 1 aliphatic rings. The molecular weight excluding hydrogens is 348 g/mol. The van der Waals surface area contributed by atoms with Gasteiger partial charge in [-0.25, -0.2) is 13.4 Å². The Morgan fingerprint density at radius 3 is 2.71 bits per heavy atom. The van der Waals surface area contributed by atoms with Crippen LogP contribution in [0.1, 0.15) is 26.3 Å². The van der Waals surface area contributed by atoms with Gasteiger partial charge in [-0.15, -0.1) is 0 Å². The van der Waals surface area contributed by atoms with E-state index in [2.05, 4.69) is 4.98 Å². The number of aliphatic hydroxyl groups is 1. The molecule has 24 heavy (non-hydrogen) atoms. The fourth-order valence-electron chi connectivity index (χ4n) is 2.82. The number of hydrogen-bond acceptors (Lipinski definition) is 6. The maximum Gasteiger partial charge on any atom is 0.262 e. The van der Waals surface area contributed by atoms with Crippen LogP contribution in [0, 0.1) is 0 Å². The maximum atomic E-state index is 12.9. The first kappa shape index (κ1) is 17.4. The van der Waals surface area contributed by atoms with Crippen LogP contribution in [0.2, 0.25) is 0 Å². The number of aromatic nitrogens is 2. The van der Waals surface area contributed by atoms with E-state index in [0.29, 0.717) is 16.1 Å². The lowest BCUT2D eigenvalue weighted by Crippen LogP contribution is -2.28. The van der Waals surface area contributed by atoms with Gasteiger partial charge in [-0.1, -0.05) is 30.8 Å². The zero-order valence-corrected chi connectivity index (χ0v) is 15.2. The lowest BCUT2D eigenvalue weighted by molar-refractivity contribution is 0.207. The number of thioether (sulfide) groups is 1. The Morgan fingerprint density at radius 2 is 2.08 bits per heavy atom. The summed E-state index contributed by atoms with van der Waals surface area (Å²) in [7, 11) is -3.24. The van der Waals surface area contributed by atoms with E-state index in [1.165, 1.54) is 11.8 Å². The highest BCUT2D eigenvalue weighted by Gasteiger charge is 2.38. The smallest absolute Gasteiger partial charge is 0.262 e. The van der Waals surface area contributed by atoms with Crippen LogP contribution in [-0.4, -0.2) is 45.9 Å². The number of rotatable bonds is 4. The SMILES string of the molecule is CC[C@@H](C)n1c(S[C@H]2CS(=O)(=O)C[C@@H]2O)nc2ccccc2c1=O. The van der Waals surface area contributed by atoms with Crippen LogP contribution in [0.4, 0.5) is 0 Å². The van der Waals surface area contributed by atoms with Crippen LogP contribution in [-0.2, 0) is 9.84 Å². The molecule has 2 aromatic rings. The Kier molecular flexibility index (Phi) is 4.72. The monoisotopic (exact) mass is 368 g/mol. The summed E-state index contributed by atoms with van der Waals surface area (Å²) in [6, 6.07) is 7.06. The second kappa shape index (κ2) is 6.50. The lowest BCUT2D eigenvalue weighted by Gasteiger charge is -2.20. The Hall–Kier alpha value is -1.38. The molecule has 0 spiro atoms. The summed E-state index contributed by atoms with van der Waals surface area (Å²) >= 11 is 1.18. The van der Waals surface area contributed by atoms with Crippen molar-refractivity contribution in [1.82, 2.24) is 9.55 Å². The Bertz CT molecular complexity index is 923. The summed E-state index contributed by atoms with van der Waals surface area (Å²) < 4.78 is 25.1. The minimum atomic E-state index is -3.24. The highest BCUT2D eigenvalue weighted by molar-refractivity contribution is 8.01. The van der Waals surface area contributed by atoms with Crippen molar-refractivity contribution >= 4 is 32.5 Å². The van der Waals surface area contributed by atoms with Gasteiger partial charge in [0.1, 0.15) is 0 Å². The second-order valence-corrected chi connectivity index (χ2v) is 9.50. The normalized spacial score (nSPS) is 24.3. The van der Waals surface area contributed by atoms with Gasteiger partial charge in [0.05, 0.1) is 33.8 Å². The van der Waals surface area contributed by atoms with Gasteiger partial charge in [0.2, 0.25) is 0 Å². The van der Waals surface area contributed by atoms with Gasteiger partial charge in [0, 0.05) is 6.04 Å². The Morgan fingerprint density at radius 1 is 1.38 bits per heavy atom. The molecule has 2 heterocycles. The van der Waals surface area contributed by atoms with Gasteiger partial charge >= 0.3 is 0 Å². The zero-order chi connectivity index (χ0) is 17.5. The van der Waals surface area contributed by atoms with Crippen molar-refractivity contribution in [3.8, 4) is 0 Å². The molecule has 0 bridgehead atoms. The van der Waals surface area contributed by atoms with E-state index in [9.17, 15) is 18.3 Å². The summed E-state index contributed by atoms with van der Waals surface area (Å²) in [5.41, 5.74) is 0.452. The van der Waals surface area contributed by atoms with Crippen LogP contribution < -0.4 is 5.56 Å². The van der Waals surface area contributed by atoms with Gasteiger partial charge in [0.25, 0.3) is 5.56 Å². The van der Waals surface area contributed by atoms with Gasteiger partial charge in [-0.05, 0) is 25.5 Å². The fraction of sp³-hybridized carbons (Fsp3) is 0.500. The van der Waals surface area contributed by atoms with Crippen LogP contribution in [0.25, 0.3) is 10.9 Å². The number of hydrogen-bond donors (Lipinski definition) is 1. The fourth-order valence-corrected chi connectivity index (χ4v) is 6.50. The summed E-state index contributed by atoms with van der Waals surface area (Å²) in [5.74, 6) is -0.326. The Balaban J connectivity index is 2.11. The third-order valence-corrected chi connectivity index (χ3v) is 7.55. The molecule has 0 unspecified atom stereocenters. The highest BCUT2D eigenvalue weighted by Crippen LogP contribution is 2.32. The predicted octanol–water partition coefficient (Wildman–Crippen LogP) is 1.62. The highest BCUT2D eigenvalue weighted by atomic mass is 32.2. The number of para-hydroxylation sites is 1. The molecule has 1 aromatic carbocycles. The third-order valence-electron chi connectivity index (χ3n) is 4.34. The van der Waals surface area contributed by atoms with Crippen molar-refractivity contribution in [2.45, 2.75) is 42.8 Å². The van der Waals surface area contributed by atoms with E-state index in [1.807, 2.05) is 19.9 Å². The topological polar surface area (TPSA) is 89.3 Å². The van der Waals surface area contributed by atoms with E-state index >= 15 is 0 Å². The average Bonchev–Trinajstić information content (AvgIpc) is 2.79. The molecule has 0 radical (unpaired) electrons. The minimum Gasteiger partial charge on any atom is -0.391 e. The Labute approximate surface area is 144 Å². The first-order chi connectivity index (χ1) is 11.3. The molecule has 1 aliphatic heterocycles. The quantitative estimate of drug-likeness (QED) is 0.825. The molecule has 1 N–H and O–H groups in total. The van der Waals surface area contributed by atoms with Crippen LogP contribution in [0.3, 0.4) is 0 Å². The molecule has 8 heteroatoms. The van der Waals surface area contributed by atoms with Gasteiger partial charge in [0.15, 0.2) is 15.0 Å². The molecule has 1 aromatic heterocycles. The van der Waals surface area contributed by atoms with Crippen molar-refractivity contribution < 1.29 is 13.5 Å². The maximum absolute atomic E-state index is 12.9. The molecule has 1 fully saturated rings. The first-order valence-electron chi connectivity index (χ1n) is 7.89. The van der Waals surface area contributed by atoms with Crippen molar-refractivity contribution in [1.29, 1.82) is 0 Å². The van der Waals surface area contributed by atoms with Gasteiger partial charge in [-0.3, -0.25) is 9.36 Å². The molecule has 130 valence electrons. The molecular formula is C16H20N2O4S2.